The van der Waals surface area contributed by atoms with Crippen LogP contribution in [0.3, 0.4) is 0 Å². The van der Waals surface area contributed by atoms with Crippen LogP contribution in [0.5, 0.6) is 5.75 Å². The van der Waals surface area contributed by atoms with E-state index in [2.05, 4.69) is 42.5 Å². The summed E-state index contributed by atoms with van der Waals surface area (Å²) in [5, 5.41) is 0. The van der Waals surface area contributed by atoms with Crippen LogP contribution in [-0.4, -0.2) is 31.7 Å². The Labute approximate surface area is 218 Å². The minimum atomic E-state index is -0.154. The van der Waals surface area contributed by atoms with Crippen molar-refractivity contribution in [3.8, 4) is 5.75 Å². The number of hydrogen-bond donors (Lipinski definition) is 0. The molecule has 0 unspecified atom stereocenters. The first kappa shape index (κ1) is 23.8. The number of aryl methyl sites for hydroxylation is 1. The summed E-state index contributed by atoms with van der Waals surface area (Å²) in [6, 6.07) is 16.1. The van der Waals surface area contributed by atoms with E-state index in [1.54, 1.807) is 5.56 Å². The topological polar surface area (TPSA) is 35.5 Å². The third kappa shape index (κ3) is 4.21. The predicted octanol–water partition coefficient (Wildman–Crippen LogP) is 6.95. The maximum atomic E-state index is 11.6. The Bertz CT molecular complexity index is 1050. The highest BCUT2D eigenvalue weighted by atomic mass is 32.2. The molecule has 2 aromatic rings. The molecule has 0 spiro atoms. The summed E-state index contributed by atoms with van der Waals surface area (Å²) in [6.07, 6.45) is 9.70. The number of thioether (sulfide) groups is 2. The molecule has 1 heterocycles. The zero-order valence-electron chi connectivity index (χ0n) is 20.9. The smallest absolute Gasteiger partial charge is 0.305 e. The van der Waals surface area contributed by atoms with Gasteiger partial charge >= 0.3 is 5.97 Å². The molecular formula is C30H36O3S2. The van der Waals surface area contributed by atoms with Gasteiger partial charge in [-0.05, 0) is 96.9 Å². The highest BCUT2D eigenvalue weighted by Gasteiger charge is 2.52. The zero-order valence-corrected chi connectivity index (χ0v) is 22.5. The van der Waals surface area contributed by atoms with Crippen molar-refractivity contribution in [2.24, 2.45) is 17.8 Å². The molecule has 2 aromatic carbocycles. The lowest BCUT2D eigenvalue weighted by atomic mass is 9.48. The molecule has 0 atom stereocenters. The lowest BCUT2D eigenvalue weighted by molar-refractivity contribution is -0.140. The molecule has 35 heavy (non-hydrogen) atoms. The Kier molecular flexibility index (Phi) is 6.37. The monoisotopic (exact) mass is 508 g/mol. The summed E-state index contributed by atoms with van der Waals surface area (Å²) in [5.74, 6) is 5.95. The molecule has 4 bridgehead atoms. The van der Waals surface area contributed by atoms with Crippen LogP contribution in [0.1, 0.15) is 67.2 Å². The zero-order chi connectivity index (χ0) is 24.0. The van der Waals surface area contributed by atoms with Crippen molar-refractivity contribution in [1.82, 2.24) is 0 Å². The van der Waals surface area contributed by atoms with E-state index in [9.17, 15) is 4.79 Å². The van der Waals surface area contributed by atoms with Crippen LogP contribution in [0.2, 0.25) is 0 Å². The maximum Gasteiger partial charge on any atom is 0.305 e. The average Bonchev–Trinajstić information content (AvgIpc) is 3.37. The lowest BCUT2D eigenvalue weighted by Crippen LogP contribution is -2.48. The maximum absolute atomic E-state index is 11.6. The molecule has 0 amide bonds. The van der Waals surface area contributed by atoms with Gasteiger partial charge in [0, 0.05) is 23.5 Å². The van der Waals surface area contributed by atoms with E-state index in [-0.39, 0.29) is 10.0 Å². The molecule has 5 heteroatoms. The Hall–Kier alpha value is -1.59. The van der Waals surface area contributed by atoms with Crippen molar-refractivity contribution >= 4 is 29.5 Å². The fourth-order valence-electron chi connectivity index (χ4n) is 7.89. The van der Waals surface area contributed by atoms with E-state index in [0.717, 1.165) is 35.0 Å². The van der Waals surface area contributed by atoms with E-state index in [1.165, 1.54) is 62.3 Å². The van der Waals surface area contributed by atoms with Crippen LogP contribution >= 0.6 is 23.5 Å². The Balaban J connectivity index is 1.36. The van der Waals surface area contributed by atoms with E-state index in [0.29, 0.717) is 18.3 Å². The fraction of sp³-hybridized carbons (Fsp3) is 0.567. The number of carbonyl (C=O) groups excluding carboxylic acids is 1. The Morgan fingerprint density at radius 3 is 2.06 bits per heavy atom. The number of methoxy groups -OCH3 is 2. The quantitative estimate of drug-likeness (QED) is 0.378. The summed E-state index contributed by atoms with van der Waals surface area (Å²) in [7, 11) is 3.27. The molecule has 1 aliphatic heterocycles. The molecule has 0 N–H and O–H groups in total. The number of carbonyl (C=O) groups is 1. The van der Waals surface area contributed by atoms with Gasteiger partial charge in [-0.1, -0.05) is 30.3 Å². The van der Waals surface area contributed by atoms with Gasteiger partial charge in [0.15, 0.2) is 0 Å². The standard InChI is InChI=1S/C30H36O3S2/c1-32-27-9-8-25(29-17-21-13-22(18-29)15-23(14-21)19-29)16-26(27)30(34-11-12-35-30)24-6-3-20(4-7-24)5-10-28(31)33-2/h3-4,6-9,16,21-23H,5,10-15,17-19H2,1-2H3. The number of ether oxygens (including phenoxy) is 2. The van der Waals surface area contributed by atoms with Gasteiger partial charge in [0.05, 0.1) is 14.2 Å². The molecule has 4 saturated carbocycles. The van der Waals surface area contributed by atoms with Crippen molar-refractivity contribution in [1.29, 1.82) is 0 Å². The van der Waals surface area contributed by atoms with Crippen LogP contribution in [0.4, 0.5) is 0 Å². The van der Waals surface area contributed by atoms with Crippen molar-refractivity contribution in [2.45, 2.75) is 60.9 Å². The number of hydrogen-bond acceptors (Lipinski definition) is 5. The summed E-state index contributed by atoms with van der Waals surface area (Å²) < 4.78 is 10.7. The van der Waals surface area contributed by atoms with Gasteiger partial charge in [0.2, 0.25) is 0 Å². The summed E-state index contributed by atoms with van der Waals surface area (Å²) >= 11 is 4.10. The van der Waals surface area contributed by atoms with Gasteiger partial charge in [-0.2, -0.15) is 0 Å². The minimum absolute atomic E-state index is 0.148. The van der Waals surface area contributed by atoms with Crippen LogP contribution < -0.4 is 4.74 Å². The molecule has 5 fully saturated rings. The Morgan fingerprint density at radius 2 is 1.49 bits per heavy atom. The second kappa shape index (κ2) is 9.37. The number of rotatable bonds is 7. The third-order valence-corrected chi connectivity index (χ3v) is 12.6. The minimum Gasteiger partial charge on any atom is -0.496 e. The summed E-state index contributed by atoms with van der Waals surface area (Å²) in [5.41, 5.74) is 5.78. The molecule has 5 aliphatic rings. The van der Waals surface area contributed by atoms with E-state index < -0.39 is 0 Å². The highest BCUT2D eigenvalue weighted by Crippen LogP contribution is 2.63. The van der Waals surface area contributed by atoms with Crippen LogP contribution in [-0.2, 0) is 25.4 Å². The van der Waals surface area contributed by atoms with Gasteiger partial charge in [0.25, 0.3) is 0 Å². The molecule has 1 saturated heterocycles. The first-order valence-electron chi connectivity index (χ1n) is 13.2. The van der Waals surface area contributed by atoms with Crippen LogP contribution in [0, 0.1) is 17.8 Å². The molecule has 186 valence electrons. The molecule has 0 radical (unpaired) electrons. The number of benzene rings is 2. The van der Waals surface area contributed by atoms with Gasteiger partial charge in [-0.25, -0.2) is 0 Å². The molecule has 3 nitrogen and oxygen atoms in total. The second-order valence-corrected chi connectivity index (χ2v) is 14.1. The largest absolute Gasteiger partial charge is 0.496 e. The summed E-state index contributed by atoms with van der Waals surface area (Å²) in [4.78, 5) is 11.6. The SMILES string of the molecule is COC(=O)CCc1ccc(C2(c3cc(C45CC6CC(CC(C6)C4)C5)ccc3OC)SCCS2)cc1. The molecular weight excluding hydrogens is 472 g/mol. The van der Waals surface area contributed by atoms with Crippen LogP contribution in [0.25, 0.3) is 0 Å². The van der Waals surface area contributed by atoms with Crippen molar-refractivity contribution in [2.75, 3.05) is 25.7 Å². The highest BCUT2D eigenvalue weighted by molar-refractivity contribution is 8.20. The van der Waals surface area contributed by atoms with Gasteiger partial charge in [-0.15, -0.1) is 23.5 Å². The van der Waals surface area contributed by atoms with Crippen LogP contribution in [0.15, 0.2) is 42.5 Å². The predicted molar refractivity (Wildman–Crippen MR) is 145 cm³/mol. The van der Waals surface area contributed by atoms with Crippen molar-refractivity contribution < 1.29 is 14.3 Å². The fourth-order valence-corrected chi connectivity index (χ4v) is 11.2. The first-order valence-corrected chi connectivity index (χ1v) is 15.1. The average molecular weight is 509 g/mol. The van der Waals surface area contributed by atoms with E-state index in [4.69, 9.17) is 9.47 Å². The van der Waals surface area contributed by atoms with E-state index in [1.807, 2.05) is 30.6 Å². The normalized spacial score (nSPS) is 30.4. The molecule has 0 aromatic heterocycles. The van der Waals surface area contributed by atoms with Crippen molar-refractivity contribution in [3.63, 3.8) is 0 Å². The Morgan fingerprint density at radius 1 is 0.886 bits per heavy atom. The number of esters is 1. The summed E-state index contributed by atoms with van der Waals surface area (Å²) in [6.45, 7) is 0. The third-order valence-electron chi connectivity index (χ3n) is 9.08. The van der Waals surface area contributed by atoms with Gasteiger partial charge in [-0.3, -0.25) is 4.79 Å². The first-order chi connectivity index (χ1) is 17.0. The van der Waals surface area contributed by atoms with Gasteiger partial charge in [0.1, 0.15) is 9.83 Å². The molecule has 4 aliphatic carbocycles. The second-order valence-electron chi connectivity index (χ2n) is 11.2. The van der Waals surface area contributed by atoms with E-state index >= 15 is 0 Å². The lowest BCUT2D eigenvalue weighted by Gasteiger charge is -2.57. The van der Waals surface area contributed by atoms with Crippen molar-refractivity contribution in [3.05, 3.63) is 64.7 Å². The molecule has 7 rings (SSSR count). The van der Waals surface area contributed by atoms with Gasteiger partial charge < -0.3 is 9.47 Å².